The summed E-state index contributed by atoms with van der Waals surface area (Å²) in [6.07, 6.45) is 3.23. The van der Waals surface area contributed by atoms with E-state index >= 15 is 0 Å². The van der Waals surface area contributed by atoms with Crippen molar-refractivity contribution in [3.63, 3.8) is 0 Å². The molecule has 0 aromatic carbocycles. The van der Waals surface area contributed by atoms with Gasteiger partial charge in [0, 0.05) is 26.3 Å². The Hall–Kier alpha value is -0.810. The van der Waals surface area contributed by atoms with E-state index < -0.39 is 0 Å². The second-order valence-corrected chi connectivity index (χ2v) is 4.74. The molecule has 0 fully saturated rings. The van der Waals surface area contributed by atoms with Gasteiger partial charge in [-0.25, -0.2) is 5.84 Å². The minimum atomic E-state index is 0.384. The molecule has 4 N–H and O–H groups in total. The molecule has 0 aliphatic heterocycles. The number of aliphatic imine (C=N–C) groups is 1. The quantitative estimate of drug-likeness (QED) is 0.198. The average Bonchev–Trinajstić information content (AvgIpc) is 2.30. The molecule has 0 spiro atoms. The molecule has 5 heteroatoms. The molecule has 0 amide bonds. The number of rotatable bonds is 8. The molecule has 0 saturated carbocycles. The van der Waals surface area contributed by atoms with Gasteiger partial charge in [0.1, 0.15) is 0 Å². The summed E-state index contributed by atoms with van der Waals surface area (Å²) in [5.41, 5.74) is 2.60. The van der Waals surface area contributed by atoms with E-state index in [1.165, 1.54) is 6.42 Å². The summed E-state index contributed by atoms with van der Waals surface area (Å²) >= 11 is 0. The lowest BCUT2D eigenvalue weighted by Gasteiger charge is -2.17. The van der Waals surface area contributed by atoms with E-state index in [-0.39, 0.29) is 0 Å². The van der Waals surface area contributed by atoms with Gasteiger partial charge in [-0.1, -0.05) is 13.8 Å². The number of hydrazine groups is 1. The molecule has 5 nitrogen and oxygen atoms in total. The number of nitrogens with two attached hydrogens (primary N) is 1. The Labute approximate surface area is 105 Å². The highest BCUT2D eigenvalue weighted by Gasteiger charge is 2.05. The Balaban J connectivity index is 3.85. The summed E-state index contributed by atoms with van der Waals surface area (Å²) in [6.45, 7) is 8.05. The first-order chi connectivity index (χ1) is 8.10. The maximum atomic E-state index is 5.42. The van der Waals surface area contributed by atoms with Gasteiger partial charge in [-0.05, 0) is 32.1 Å². The van der Waals surface area contributed by atoms with Gasteiger partial charge < -0.3 is 10.1 Å². The molecule has 0 aliphatic rings. The summed E-state index contributed by atoms with van der Waals surface area (Å²) in [6, 6.07) is 0.384. The Kier molecular flexibility index (Phi) is 9.86. The lowest BCUT2D eigenvalue weighted by atomic mass is 10.0. The fourth-order valence-electron chi connectivity index (χ4n) is 1.42. The van der Waals surface area contributed by atoms with Gasteiger partial charge in [0.2, 0.25) is 5.96 Å². The third-order valence-corrected chi connectivity index (χ3v) is 2.47. The smallest absolute Gasteiger partial charge is 0.205 e. The molecular weight excluding hydrogens is 216 g/mol. The van der Waals surface area contributed by atoms with Gasteiger partial charge in [0.05, 0.1) is 0 Å². The number of hydrogen-bond donors (Lipinski definition) is 3. The highest BCUT2D eigenvalue weighted by Crippen LogP contribution is 2.06. The topological polar surface area (TPSA) is 71.7 Å². The number of methoxy groups -OCH3 is 1. The highest BCUT2D eigenvalue weighted by atomic mass is 16.5. The number of ether oxygens (including phenoxy) is 1. The lowest BCUT2D eigenvalue weighted by molar-refractivity contribution is 0.197. The SMILES string of the molecule is COCCCN=C(NN)NC(C)CCC(C)C. The number of nitrogens with zero attached hydrogens (tertiary/aromatic N) is 1. The first-order valence-electron chi connectivity index (χ1n) is 6.36. The summed E-state index contributed by atoms with van der Waals surface area (Å²) in [5.74, 6) is 6.81. The predicted molar refractivity (Wildman–Crippen MR) is 72.8 cm³/mol. The zero-order valence-electron chi connectivity index (χ0n) is 11.6. The van der Waals surface area contributed by atoms with E-state index in [0.29, 0.717) is 12.0 Å². The maximum absolute atomic E-state index is 5.42. The number of guanidine groups is 1. The largest absolute Gasteiger partial charge is 0.385 e. The minimum Gasteiger partial charge on any atom is -0.385 e. The Bertz CT molecular complexity index is 207. The van der Waals surface area contributed by atoms with E-state index in [9.17, 15) is 0 Å². The van der Waals surface area contributed by atoms with Crippen molar-refractivity contribution in [2.75, 3.05) is 20.3 Å². The summed E-state index contributed by atoms with van der Waals surface area (Å²) in [7, 11) is 1.69. The highest BCUT2D eigenvalue weighted by molar-refractivity contribution is 5.79. The Morgan fingerprint density at radius 3 is 2.53 bits per heavy atom. The number of hydrogen-bond acceptors (Lipinski definition) is 3. The van der Waals surface area contributed by atoms with Crippen LogP contribution in [0, 0.1) is 5.92 Å². The van der Waals surface area contributed by atoms with E-state index in [1.807, 2.05) is 0 Å². The molecule has 102 valence electrons. The van der Waals surface area contributed by atoms with Crippen molar-refractivity contribution >= 4 is 5.96 Å². The van der Waals surface area contributed by atoms with Crippen LogP contribution in [0.25, 0.3) is 0 Å². The number of nitrogens with one attached hydrogen (secondary N) is 2. The summed E-state index contributed by atoms with van der Waals surface area (Å²) in [4.78, 5) is 4.34. The molecule has 0 heterocycles. The molecule has 0 aromatic heterocycles. The lowest BCUT2D eigenvalue weighted by Crippen LogP contribution is -2.45. The minimum absolute atomic E-state index is 0.384. The third kappa shape index (κ3) is 10.1. The first-order valence-corrected chi connectivity index (χ1v) is 6.36. The zero-order chi connectivity index (χ0) is 13.1. The molecule has 0 bridgehead atoms. The molecule has 0 radical (unpaired) electrons. The van der Waals surface area contributed by atoms with Crippen LogP contribution >= 0.6 is 0 Å². The van der Waals surface area contributed by atoms with Crippen molar-refractivity contribution in [3.8, 4) is 0 Å². The fraction of sp³-hybridized carbons (Fsp3) is 0.917. The van der Waals surface area contributed by atoms with E-state index in [2.05, 4.69) is 36.5 Å². The molecule has 17 heavy (non-hydrogen) atoms. The van der Waals surface area contributed by atoms with Gasteiger partial charge in [-0.15, -0.1) is 0 Å². The average molecular weight is 244 g/mol. The zero-order valence-corrected chi connectivity index (χ0v) is 11.6. The van der Waals surface area contributed by atoms with E-state index in [1.54, 1.807) is 7.11 Å². The Morgan fingerprint density at radius 2 is 2.00 bits per heavy atom. The molecule has 1 unspecified atom stereocenters. The van der Waals surface area contributed by atoms with Crippen molar-refractivity contribution in [2.24, 2.45) is 16.8 Å². The van der Waals surface area contributed by atoms with Crippen LogP contribution in [0.2, 0.25) is 0 Å². The van der Waals surface area contributed by atoms with Crippen LogP contribution in [0.1, 0.15) is 40.0 Å². The molecule has 1 atom stereocenters. The predicted octanol–water partition coefficient (Wildman–Crippen LogP) is 1.26. The standard InChI is InChI=1S/C12H28N4O/c1-10(2)6-7-11(3)15-12(16-13)14-8-5-9-17-4/h10-11H,5-9,13H2,1-4H3,(H2,14,15,16). The van der Waals surface area contributed by atoms with Crippen LogP contribution in [-0.2, 0) is 4.74 Å². The second kappa shape index (κ2) is 10.4. The normalized spacial score (nSPS) is 13.9. The van der Waals surface area contributed by atoms with Crippen LogP contribution in [0.5, 0.6) is 0 Å². The second-order valence-electron chi connectivity index (χ2n) is 4.74. The fourth-order valence-corrected chi connectivity index (χ4v) is 1.42. The van der Waals surface area contributed by atoms with Gasteiger partial charge >= 0.3 is 0 Å². The van der Waals surface area contributed by atoms with Crippen molar-refractivity contribution in [1.29, 1.82) is 0 Å². The van der Waals surface area contributed by atoms with Gasteiger partial charge in [0.25, 0.3) is 0 Å². The molecule has 0 saturated heterocycles. The molecule has 0 rings (SSSR count). The van der Waals surface area contributed by atoms with E-state index in [0.717, 1.165) is 31.9 Å². The van der Waals surface area contributed by atoms with Crippen LogP contribution in [0.15, 0.2) is 4.99 Å². The molecule has 0 aliphatic carbocycles. The molecule has 0 aromatic rings. The Morgan fingerprint density at radius 1 is 1.29 bits per heavy atom. The van der Waals surface area contributed by atoms with Crippen molar-refractivity contribution < 1.29 is 4.74 Å². The van der Waals surface area contributed by atoms with Gasteiger partial charge in [0.15, 0.2) is 0 Å². The first kappa shape index (κ1) is 16.2. The van der Waals surface area contributed by atoms with Gasteiger partial charge in [-0.3, -0.25) is 10.4 Å². The third-order valence-electron chi connectivity index (χ3n) is 2.47. The molecular formula is C12H28N4O. The van der Waals surface area contributed by atoms with Gasteiger partial charge in [-0.2, -0.15) is 0 Å². The van der Waals surface area contributed by atoms with Crippen LogP contribution in [0.3, 0.4) is 0 Å². The van der Waals surface area contributed by atoms with Crippen molar-refractivity contribution in [3.05, 3.63) is 0 Å². The van der Waals surface area contributed by atoms with Crippen LogP contribution in [-0.4, -0.2) is 32.3 Å². The van der Waals surface area contributed by atoms with Crippen molar-refractivity contribution in [1.82, 2.24) is 10.7 Å². The monoisotopic (exact) mass is 244 g/mol. The van der Waals surface area contributed by atoms with Crippen molar-refractivity contribution in [2.45, 2.75) is 46.1 Å². The summed E-state index contributed by atoms with van der Waals surface area (Å²) < 4.78 is 4.96. The summed E-state index contributed by atoms with van der Waals surface area (Å²) in [5, 5.41) is 3.27. The maximum Gasteiger partial charge on any atom is 0.205 e. The van der Waals surface area contributed by atoms with E-state index in [4.69, 9.17) is 10.6 Å². The van der Waals surface area contributed by atoms with Crippen LogP contribution < -0.4 is 16.6 Å². The van der Waals surface area contributed by atoms with Crippen LogP contribution in [0.4, 0.5) is 0 Å².